The smallest absolute Gasteiger partial charge is 0.226 e. The number of alkyl halides is 1. The highest BCUT2D eigenvalue weighted by atomic mass is 35.5. The Kier molecular flexibility index (Phi) is 4.80. The van der Waals surface area contributed by atoms with E-state index in [-0.39, 0.29) is 0 Å². The van der Waals surface area contributed by atoms with E-state index in [9.17, 15) is 0 Å². The van der Waals surface area contributed by atoms with Gasteiger partial charge in [-0.25, -0.2) is 4.98 Å². The van der Waals surface area contributed by atoms with Gasteiger partial charge in [0.25, 0.3) is 0 Å². The number of nitrogens with zero attached hydrogens (tertiary/aromatic N) is 3. The molecule has 0 aliphatic rings. The summed E-state index contributed by atoms with van der Waals surface area (Å²) in [5, 5.41) is 3.33. The summed E-state index contributed by atoms with van der Waals surface area (Å²) in [6.45, 7) is 4.21. The predicted octanol–water partition coefficient (Wildman–Crippen LogP) is 2.22. The quantitative estimate of drug-likeness (QED) is 0.804. The fourth-order valence-corrected chi connectivity index (χ4v) is 1.42. The van der Waals surface area contributed by atoms with Crippen LogP contribution >= 0.6 is 11.6 Å². The molecule has 0 bridgehead atoms. The summed E-state index contributed by atoms with van der Waals surface area (Å²) >= 11 is 5.81. The van der Waals surface area contributed by atoms with E-state index in [0.29, 0.717) is 23.8 Å². The zero-order valence-corrected chi connectivity index (χ0v) is 11.0. The summed E-state index contributed by atoms with van der Waals surface area (Å²) in [5.74, 6) is 2.58. The van der Waals surface area contributed by atoms with E-state index < -0.39 is 0 Å². The first-order chi connectivity index (χ1) is 7.54. The van der Waals surface area contributed by atoms with Crippen LogP contribution in [0, 0.1) is 5.92 Å². The minimum Gasteiger partial charge on any atom is -0.367 e. The first-order valence-corrected chi connectivity index (χ1v) is 5.91. The monoisotopic (exact) mass is 242 g/mol. The van der Waals surface area contributed by atoms with E-state index in [4.69, 9.17) is 11.6 Å². The standard InChI is InChI=1S/C11H19ClN4/c1-8(7-12)9(2)14-10-5-6-13-11(15-10)16(3)4/h5-6,8-9H,7H2,1-4H3,(H,13,14,15). The van der Waals surface area contributed by atoms with Crippen LogP contribution in [0.15, 0.2) is 12.3 Å². The Bertz CT molecular complexity index is 330. The van der Waals surface area contributed by atoms with Gasteiger partial charge in [0.1, 0.15) is 5.82 Å². The summed E-state index contributed by atoms with van der Waals surface area (Å²) in [6, 6.07) is 2.16. The van der Waals surface area contributed by atoms with Gasteiger partial charge < -0.3 is 10.2 Å². The van der Waals surface area contributed by atoms with E-state index in [1.165, 1.54) is 0 Å². The Balaban J connectivity index is 2.70. The van der Waals surface area contributed by atoms with Gasteiger partial charge in [-0.15, -0.1) is 11.6 Å². The van der Waals surface area contributed by atoms with E-state index in [1.807, 2.05) is 25.1 Å². The summed E-state index contributed by atoms with van der Waals surface area (Å²) in [6.07, 6.45) is 1.75. The molecule has 4 nitrogen and oxygen atoms in total. The number of anilines is 2. The van der Waals surface area contributed by atoms with Crippen LogP contribution in [0.4, 0.5) is 11.8 Å². The highest BCUT2D eigenvalue weighted by Crippen LogP contribution is 2.13. The fraction of sp³-hybridized carbons (Fsp3) is 0.636. The second-order valence-electron chi connectivity index (χ2n) is 4.20. The van der Waals surface area contributed by atoms with Crippen molar-refractivity contribution >= 4 is 23.4 Å². The number of aromatic nitrogens is 2. The highest BCUT2D eigenvalue weighted by Gasteiger charge is 2.11. The van der Waals surface area contributed by atoms with Crippen molar-refractivity contribution in [1.82, 2.24) is 9.97 Å². The van der Waals surface area contributed by atoms with Crippen LogP contribution in [0.5, 0.6) is 0 Å². The van der Waals surface area contributed by atoms with Gasteiger partial charge in [0, 0.05) is 32.2 Å². The summed E-state index contributed by atoms with van der Waals surface area (Å²) in [7, 11) is 3.84. The molecule has 0 aliphatic carbocycles. The van der Waals surface area contributed by atoms with Gasteiger partial charge in [0.05, 0.1) is 0 Å². The molecule has 0 fully saturated rings. The predicted molar refractivity (Wildman–Crippen MR) is 69.3 cm³/mol. The molecule has 0 aromatic carbocycles. The Hall–Kier alpha value is -1.03. The molecule has 0 saturated carbocycles. The Morgan fingerprint density at radius 2 is 2.12 bits per heavy atom. The van der Waals surface area contributed by atoms with Crippen molar-refractivity contribution in [2.24, 2.45) is 5.92 Å². The lowest BCUT2D eigenvalue weighted by Gasteiger charge is -2.20. The maximum atomic E-state index is 5.81. The normalized spacial score (nSPS) is 14.3. The van der Waals surface area contributed by atoms with Gasteiger partial charge >= 0.3 is 0 Å². The molecule has 2 atom stereocenters. The zero-order chi connectivity index (χ0) is 12.1. The molecule has 0 spiro atoms. The molecule has 1 N–H and O–H groups in total. The van der Waals surface area contributed by atoms with Crippen LogP contribution in [-0.4, -0.2) is 36.0 Å². The Morgan fingerprint density at radius 1 is 1.44 bits per heavy atom. The molecule has 1 heterocycles. The van der Waals surface area contributed by atoms with Crippen molar-refractivity contribution < 1.29 is 0 Å². The van der Waals surface area contributed by atoms with Gasteiger partial charge in [0.15, 0.2) is 0 Å². The lowest BCUT2D eigenvalue weighted by molar-refractivity contribution is 0.564. The molecule has 16 heavy (non-hydrogen) atoms. The molecule has 5 heteroatoms. The van der Waals surface area contributed by atoms with Gasteiger partial charge in [-0.05, 0) is 18.9 Å². The van der Waals surface area contributed by atoms with E-state index in [1.54, 1.807) is 6.20 Å². The zero-order valence-electron chi connectivity index (χ0n) is 10.2. The number of hydrogen-bond donors (Lipinski definition) is 1. The van der Waals surface area contributed by atoms with Crippen molar-refractivity contribution in [1.29, 1.82) is 0 Å². The SMILES string of the molecule is CC(CCl)C(C)Nc1ccnc(N(C)C)n1. The van der Waals surface area contributed by atoms with Crippen LogP contribution in [0.25, 0.3) is 0 Å². The lowest BCUT2D eigenvalue weighted by atomic mass is 10.1. The second kappa shape index (κ2) is 5.89. The average Bonchev–Trinajstić information content (AvgIpc) is 2.28. The third kappa shape index (κ3) is 3.52. The second-order valence-corrected chi connectivity index (χ2v) is 4.51. The van der Waals surface area contributed by atoms with E-state index in [0.717, 1.165) is 5.82 Å². The van der Waals surface area contributed by atoms with Gasteiger partial charge in [-0.1, -0.05) is 6.92 Å². The molecule has 1 aromatic rings. The van der Waals surface area contributed by atoms with Crippen LogP contribution in [0.2, 0.25) is 0 Å². The van der Waals surface area contributed by atoms with Crippen molar-refractivity contribution in [2.45, 2.75) is 19.9 Å². The van der Waals surface area contributed by atoms with Crippen LogP contribution in [0.3, 0.4) is 0 Å². The topological polar surface area (TPSA) is 41.1 Å². The first-order valence-electron chi connectivity index (χ1n) is 5.37. The molecule has 1 rings (SSSR count). The largest absolute Gasteiger partial charge is 0.367 e. The Morgan fingerprint density at radius 3 is 2.69 bits per heavy atom. The van der Waals surface area contributed by atoms with E-state index >= 15 is 0 Å². The molecular formula is C11H19ClN4. The van der Waals surface area contributed by atoms with Crippen molar-refractivity contribution in [3.05, 3.63) is 12.3 Å². The van der Waals surface area contributed by atoms with Gasteiger partial charge in [-0.3, -0.25) is 0 Å². The van der Waals surface area contributed by atoms with Crippen LogP contribution < -0.4 is 10.2 Å². The number of rotatable bonds is 5. The van der Waals surface area contributed by atoms with Crippen LogP contribution in [-0.2, 0) is 0 Å². The summed E-state index contributed by atoms with van der Waals surface area (Å²) < 4.78 is 0. The lowest BCUT2D eigenvalue weighted by Crippen LogP contribution is -2.25. The maximum absolute atomic E-state index is 5.81. The van der Waals surface area contributed by atoms with Gasteiger partial charge in [0.2, 0.25) is 5.95 Å². The molecule has 0 aliphatic heterocycles. The van der Waals surface area contributed by atoms with Crippen molar-refractivity contribution in [3.63, 3.8) is 0 Å². The van der Waals surface area contributed by atoms with Crippen LogP contribution in [0.1, 0.15) is 13.8 Å². The summed E-state index contributed by atoms with van der Waals surface area (Å²) in [4.78, 5) is 10.4. The third-order valence-electron chi connectivity index (χ3n) is 2.52. The minimum atomic E-state index is 0.294. The molecule has 1 aromatic heterocycles. The number of nitrogens with one attached hydrogen (secondary N) is 1. The van der Waals surface area contributed by atoms with Crippen molar-refractivity contribution in [3.8, 4) is 0 Å². The van der Waals surface area contributed by atoms with Crippen molar-refractivity contribution in [2.75, 3.05) is 30.2 Å². The highest BCUT2D eigenvalue weighted by molar-refractivity contribution is 6.18. The molecule has 0 radical (unpaired) electrons. The van der Waals surface area contributed by atoms with E-state index in [2.05, 4.69) is 29.1 Å². The molecule has 0 amide bonds. The summed E-state index contributed by atoms with van der Waals surface area (Å²) in [5.41, 5.74) is 0. The average molecular weight is 243 g/mol. The number of halogens is 1. The molecular weight excluding hydrogens is 224 g/mol. The fourth-order valence-electron chi connectivity index (χ4n) is 1.15. The third-order valence-corrected chi connectivity index (χ3v) is 3.00. The number of hydrogen-bond acceptors (Lipinski definition) is 4. The molecule has 2 unspecified atom stereocenters. The maximum Gasteiger partial charge on any atom is 0.226 e. The minimum absolute atomic E-state index is 0.294. The van der Waals surface area contributed by atoms with Gasteiger partial charge in [-0.2, -0.15) is 4.98 Å². The molecule has 90 valence electrons. The molecule has 0 saturated heterocycles. The Labute approximate surface area is 102 Å². The first kappa shape index (κ1) is 13.0.